The molecule has 6 nitrogen and oxygen atoms in total. The highest BCUT2D eigenvalue weighted by atomic mass is 32.2. The third-order valence-corrected chi connectivity index (χ3v) is 5.56. The van der Waals surface area contributed by atoms with Crippen LogP contribution in [0.1, 0.15) is 22.8 Å². The molecule has 1 atom stereocenters. The van der Waals surface area contributed by atoms with Crippen LogP contribution < -0.4 is 14.2 Å². The highest BCUT2D eigenvalue weighted by molar-refractivity contribution is 7.89. The number of sulfonamides is 1. The lowest BCUT2D eigenvalue weighted by Gasteiger charge is -2.18. The van der Waals surface area contributed by atoms with E-state index < -0.39 is 16.1 Å². The molecule has 0 bridgehead atoms. The summed E-state index contributed by atoms with van der Waals surface area (Å²) in [5, 5.41) is 0. The van der Waals surface area contributed by atoms with Gasteiger partial charge in [-0.25, -0.2) is 13.1 Å². The van der Waals surface area contributed by atoms with Crippen molar-refractivity contribution in [3.8, 4) is 11.5 Å². The highest BCUT2D eigenvalue weighted by Crippen LogP contribution is 2.27. The predicted molar refractivity (Wildman–Crippen MR) is 100 cm³/mol. The summed E-state index contributed by atoms with van der Waals surface area (Å²) in [6.45, 7) is 3.74. The molecule has 0 amide bonds. The molecule has 2 aromatic rings. The number of nitrogens with one attached hydrogen (secondary N) is 1. The van der Waals surface area contributed by atoms with E-state index in [2.05, 4.69) is 4.72 Å². The molecule has 0 aliphatic carbocycles. The summed E-state index contributed by atoms with van der Waals surface area (Å²) in [4.78, 5) is 0.203. The number of hydrogen-bond donors (Lipinski definition) is 1. The van der Waals surface area contributed by atoms with Crippen molar-refractivity contribution in [1.29, 1.82) is 0 Å². The Kier molecular flexibility index (Phi) is 6.63. The van der Waals surface area contributed by atoms with Gasteiger partial charge in [-0.2, -0.15) is 0 Å². The summed E-state index contributed by atoms with van der Waals surface area (Å²) in [6, 6.07) is 10.5. The summed E-state index contributed by atoms with van der Waals surface area (Å²) < 4.78 is 43.9. The molecule has 0 aromatic heterocycles. The normalized spacial score (nSPS) is 12.7. The SMILES string of the molecule is COc1cccc(C(CNS(=O)(=O)c2cc(C)c(OC)c(C)c2)OC)c1. The fourth-order valence-corrected chi connectivity index (χ4v) is 4.04. The summed E-state index contributed by atoms with van der Waals surface area (Å²) in [7, 11) is 1.02. The maximum Gasteiger partial charge on any atom is 0.240 e. The number of aryl methyl sites for hydroxylation is 2. The zero-order valence-corrected chi connectivity index (χ0v) is 16.5. The summed E-state index contributed by atoms with van der Waals surface area (Å²) >= 11 is 0. The summed E-state index contributed by atoms with van der Waals surface area (Å²) in [5.41, 5.74) is 2.37. The van der Waals surface area contributed by atoms with Crippen molar-refractivity contribution in [2.75, 3.05) is 27.9 Å². The van der Waals surface area contributed by atoms with E-state index in [0.29, 0.717) is 11.5 Å². The molecule has 0 spiro atoms. The molecule has 7 heteroatoms. The van der Waals surface area contributed by atoms with Crippen LogP contribution in [0.15, 0.2) is 41.3 Å². The van der Waals surface area contributed by atoms with Gasteiger partial charge in [0.2, 0.25) is 10.0 Å². The van der Waals surface area contributed by atoms with E-state index in [0.717, 1.165) is 16.7 Å². The number of methoxy groups -OCH3 is 3. The Morgan fingerprint density at radius 2 is 1.65 bits per heavy atom. The molecule has 0 aliphatic heterocycles. The Hall–Kier alpha value is -2.09. The molecule has 2 rings (SSSR count). The quantitative estimate of drug-likeness (QED) is 0.763. The van der Waals surface area contributed by atoms with Gasteiger partial charge in [-0.1, -0.05) is 12.1 Å². The van der Waals surface area contributed by atoms with Crippen molar-refractivity contribution >= 4 is 10.0 Å². The van der Waals surface area contributed by atoms with Gasteiger partial charge in [0, 0.05) is 13.7 Å². The third-order valence-electron chi connectivity index (χ3n) is 4.16. The lowest BCUT2D eigenvalue weighted by molar-refractivity contribution is 0.107. The first-order valence-electron chi connectivity index (χ1n) is 8.14. The molecule has 0 aliphatic rings. The van der Waals surface area contributed by atoms with Crippen LogP contribution in [0.5, 0.6) is 11.5 Å². The number of hydrogen-bond acceptors (Lipinski definition) is 5. The van der Waals surface area contributed by atoms with Crippen molar-refractivity contribution in [3.05, 3.63) is 53.1 Å². The van der Waals surface area contributed by atoms with Crippen LogP contribution in [0.4, 0.5) is 0 Å². The van der Waals surface area contributed by atoms with E-state index in [1.807, 2.05) is 38.1 Å². The maximum absolute atomic E-state index is 12.7. The maximum atomic E-state index is 12.7. The van der Waals surface area contributed by atoms with E-state index in [4.69, 9.17) is 14.2 Å². The average Bonchev–Trinajstić information content (AvgIpc) is 2.62. The molecule has 1 N–H and O–H groups in total. The average molecular weight is 379 g/mol. The van der Waals surface area contributed by atoms with E-state index >= 15 is 0 Å². The van der Waals surface area contributed by atoms with Crippen LogP contribution in [0.2, 0.25) is 0 Å². The molecular formula is C19H25NO5S. The van der Waals surface area contributed by atoms with Crippen molar-refractivity contribution in [2.24, 2.45) is 0 Å². The standard InChI is InChI=1S/C19H25NO5S/c1-13-9-17(10-14(2)19(13)25-5)26(21,22)20-12-18(24-4)15-7-6-8-16(11-15)23-3/h6-11,18,20H,12H2,1-5H3. The molecular weight excluding hydrogens is 354 g/mol. The fraction of sp³-hybridized carbons (Fsp3) is 0.368. The topological polar surface area (TPSA) is 73.9 Å². The molecule has 142 valence electrons. The Morgan fingerprint density at radius 3 is 2.19 bits per heavy atom. The molecule has 0 fully saturated rings. The van der Waals surface area contributed by atoms with Gasteiger partial charge in [0.1, 0.15) is 11.5 Å². The first-order valence-corrected chi connectivity index (χ1v) is 9.62. The molecule has 26 heavy (non-hydrogen) atoms. The van der Waals surface area contributed by atoms with Crippen LogP contribution in [0.25, 0.3) is 0 Å². The van der Waals surface area contributed by atoms with Crippen molar-refractivity contribution < 1.29 is 22.6 Å². The summed E-state index contributed by atoms with van der Waals surface area (Å²) in [6.07, 6.45) is -0.430. The molecule has 0 saturated carbocycles. The van der Waals surface area contributed by atoms with Crippen molar-refractivity contribution in [3.63, 3.8) is 0 Å². The largest absolute Gasteiger partial charge is 0.497 e. The van der Waals surface area contributed by atoms with Crippen LogP contribution in [0.3, 0.4) is 0 Å². The predicted octanol–water partition coefficient (Wildman–Crippen LogP) is 2.99. The second kappa shape index (κ2) is 8.53. The van der Waals surface area contributed by atoms with Gasteiger partial charge in [0.05, 0.1) is 25.2 Å². The molecule has 0 saturated heterocycles. The lowest BCUT2D eigenvalue weighted by atomic mass is 10.1. The minimum Gasteiger partial charge on any atom is -0.497 e. The van der Waals surface area contributed by atoms with Gasteiger partial charge in [-0.15, -0.1) is 0 Å². The summed E-state index contributed by atoms with van der Waals surface area (Å²) in [5.74, 6) is 1.38. The minimum absolute atomic E-state index is 0.107. The Labute approximate surface area is 155 Å². The minimum atomic E-state index is -3.68. The van der Waals surface area contributed by atoms with Crippen LogP contribution in [-0.2, 0) is 14.8 Å². The molecule has 0 heterocycles. The number of benzene rings is 2. The van der Waals surface area contributed by atoms with E-state index in [1.165, 1.54) is 0 Å². The Balaban J connectivity index is 2.20. The Morgan fingerprint density at radius 1 is 1.00 bits per heavy atom. The number of rotatable bonds is 8. The second-order valence-corrected chi connectivity index (χ2v) is 7.71. The second-order valence-electron chi connectivity index (χ2n) is 5.94. The van der Waals surface area contributed by atoms with Gasteiger partial charge in [-0.05, 0) is 54.8 Å². The highest BCUT2D eigenvalue weighted by Gasteiger charge is 2.20. The van der Waals surface area contributed by atoms with Crippen LogP contribution >= 0.6 is 0 Å². The van der Waals surface area contributed by atoms with Gasteiger partial charge in [0.25, 0.3) is 0 Å². The lowest BCUT2D eigenvalue weighted by Crippen LogP contribution is -2.29. The first kappa shape index (κ1) is 20.2. The molecule has 2 aromatic carbocycles. The smallest absolute Gasteiger partial charge is 0.240 e. The zero-order chi connectivity index (χ0) is 19.3. The van der Waals surface area contributed by atoms with Gasteiger partial charge < -0.3 is 14.2 Å². The molecule has 0 radical (unpaired) electrons. The molecule has 1 unspecified atom stereocenters. The fourth-order valence-electron chi connectivity index (χ4n) is 2.84. The first-order chi connectivity index (χ1) is 12.3. The van der Waals surface area contributed by atoms with Crippen molar-refractivity contribution in [2.45, 2.75) is 24.8 Å². The Bertz CT molecular complexity index is 841. The van der Waals surface area contributed by atoms with Crippen molar-refractivity contribution in [1.82, 2.24) is 4.72 Å². The zero-order valence-electron chi connectivity index (χ0n) is 15.7. The van der Waals surface area contributed by atoms with Crippen LogP contribution in [0, 0.1) is 13.8 Å². The number of ether oxygens (including phenoxy) is 3. The van der Waals surface area contributed by atoms with E-state index in [9.17, 15) is 8.42 Å². The monoisotopic (exact) mass is 379 g/mol. The van der Waals surface area contributed by atoms with E-state index in [1.54, 1.807) is 33.5 Å². The third kappa shape index (κ3) is 4.55. The van der Waals surface area contributed by atoms with Gasteiger partial charge >= 0.3 is 0 Å². The van der Waals surface area contributed by atoms with E-state index in [-0.39, 0.29) is 11.4 Å². The van der Waals surface area contributed by atoms with Gasteiger partial charge in [0.15, 0.2) is 0 Å². The van der Waals surface area contributed by atoms with Crippen LogP contribution in [-0.4, -0.2) is 36.3 Å². The van der Waals surface area contributed by atoms with Gasteiger partial charge in [-0.3, -0.25) is 0 Å².